The molecule has 0 aromatic heterocycles. The molecule has 0 aliphatic heterocycles. The first-order valence-corrected chi connectivity index (χ1v) is 13.9. The highest BCUT2D eigenvalue weighted by atomic mass is 14.6. The van der Waals surface area contributed by atoms with E-state index >= 15 is 0 Å². The van der Waals surface area contributed by atoms with Crippen molar-refractivity contribution in [3.05, 3.63) is 150 Å². The first-order chi connectivity index (χ1) is 20.7. The van der Waals surface area contributed by atoms with Gasteiger partial charge in [0.15, 0.2) is 5.69 Å². The first-order valence-electron chi connectivity index (χ1n) is 13.9. The molecule has 0 saturated carbocycles. The van der Waals surface area contributed by atoms with Crippen LogP contribution in [0.15, 0.2) is 133 Å². The van der Waals surface area contributed by atoms with Gasteiger partial charge in [-0.05, 0) is 100 Å². The third-order valence-electron chi connectivity index (χ3n) is 8.48. The molecule has 0 fully saturated rings. The van der Waals surface area contributed by atoms with Crippen molar-refractivity contribution in [3.63, 3.8) is 0 Å². The molecule has 0 N–H and O–H groups in total. The maximum atomic E-state index is 9.30. The highest BCUT2D eigenvalue weighted by Crippen LogP contribution is 2.45. The maximum Gasteiger partial charge on any atom is 0.187 e. The molecule has 0 aliphatic rings. The largest absolute Gasteiger partial charge is 0.238 e. The smallest absolute Gasteiger partial charge is 0.187 e. The van der Waals surface area contributed by atoms with Crippen molar-refractivity contribution in [2.24, 2.45) is 0 Å². The van der Waals surface area contributed by atoms with E-state index in [1.807, 2.05) is 48.5 Å². The van der Waals surface area contributed by atoms with E-state index in [0.717, 1.165) is 22.3 Å². The summed E-state index contributed by atoms with van der Waals surface area (Å²) in [5.41, 5.74) is 5.75. The van der Waals surface area contributed by atoms with Crippen molar-refractivity contribution in [2.75, 3.05) is 0 Å². The molecule has 0 bridgehead atoms. The predicted molar refractivity (Wildman–Crippen MR) is 176 cm³/mol. The van der Waals surface area contributed by atoms with Crippen LogP contribution in [0.3, 0.4) is 0 Å². The van der Waals surface area contributed by atoms with Gasteiger partial charge in [0.2, 0.25) is 0 Å². The number of hydrogen-bond donors (Lipinski definition) is 0. The fraction of sp³-hybridized carbons (Fsp3) is 0. The molecule has 8 rings (SSSR count). The van der Waals surface area contributed by atoms with E-state index in [-0.39, 0.29) is 0 Å². The van der Waals surface area contributed by atoms with Gasteiger partial charge in [-0.25, -0.2) is 4.85 Å². The molecule has 8 aromatic rings. The van der Waals surface area contributed by atoms with Gasteiger partial charge in [-0.1, -0.05) is 109 Å². The van der Waals surface area contributed by atoms with Crippen molar-refractivity contribution >= 4 is 59.5 Å². The van der Waals surface area contributed by atoms with Crippen LogP contribution in [0.25, 0.3) is 81.0 Å². The van der Waals surface area contributed by atoms with Gasteiger partial charge in [-0.2, -0.15) is 5.26 Å². The minimum Gasteiger partial charge on any atom is -0.238 e. The Kier molecular flexibility index (Phi) is 5.29. The summed E-state index contributed by atoms with van der Waals surface area (Å²) in [6.45, 7) is 7.34. The van der Waals surface area contributed by atoms with E-state index in [0.29, 0.717) is 11.3 Å². The number of fused-ring (bicyclic) bond motifs is 11. The zero-order chi connectivity index (χ0) is 28.2. The molecule has 0 heterocycles. The van der Waals surface area contributed by atoms with E-state index in [2.05, 4.69) is 95.8 Å². The summed E-state index contributed by atoms with van der Waals surface area (Å²) in [6, 6.07) is 48.9. The third-order valence-corrected chi connectivity index (χ3v) is 8.48. The van der Waals surface area contributed by atoms with E-state index in [1.54, 1.807) is 0 Å². The zero-order valence-electron chi connectivity index (χ0n) is 22.6. The van der Waals surface area contributed by atoms with Crippen LogP contribution < -0.4 is 0 Å². The molecule has 8 aromatic carbocycles. The SMILES string of the molecule is [C-]#[N+]c1ccc(-c2ccc3c4ccccc4c4c5cc(-c6ccc(C#N)cc6)ccc5c5ccccc5c4c3c2)cc1. The van der Waals surface area contributed by atoms with E-state index in [4.69, 9.17) is 6.57 Å². The molecule has 2 nitrogen and oxygen atoms in total. The molecule has 0 atom stereocenters. The summed E-state index contributed by atoms with van der Waals surface area (Å²) in [5.74, 6) is 0. The van der Waals surface area contributed by atoms with Crippen LogP contribution in [0.2, 0.25) is 0 Å². The van der Waals surface area contributed by atoms with Crippen LogP contribution in [0.4, 0.5) is 5.69 Å². The molecule has 0 unspecified atom stereocenters. The molecule has 0 saturated heterocycles. The Balaban J connectivity index is 1.55. The van der Waals surface area contributed by atoms with E-state index in [1.165, 1.54) is 53.9 Å². The minimum absolute atomic E-state index is 0.645. The molecule has 0 spiro atoms. The number of nitriles is 1. The van der Waals surface area contributed by atoms with Gasteiger partial charge in [-0.3, -0.25) is 0 Å². The van der Waals surface area contributed by atoms with Gasteiger partial charge in [-0.15, -0.1) is 0 Å². The summed E-state index contributed by atoms with van der Waals surface area (Å²) in [7, 11) is 0. The van der Waals surface area contributed by atoms with Crippen molar-refractivity contribution < 1.29 is 0 Å². The molecule has 0 amide bonds. The van der Waals surface area contributed by atoms with Crippen molar-refractivity contribution in [2.45, 2.75) is 0 Å². The normalized spacial score (nSPS) is 11.3. The van der Waals surface area contributed by atoms with Crippen LogP contribution in [0.5, 0.6) is 0 Å². The number of benzene rings is 8. The molecule has 0 aliphatic carbocycles. The number of nitrogens with zero attached hydrogens (tertiary/aromatic N) is 2. The van der Waals surface area contributed by atoms with Crippen LogP contribution in [-0.4, -0.2) is 0 Å². The summed E-state index contributed by atoms with van der Waals surface area (Å²) in [6.07, 6.45) is 0. The van der Waals surface area contributed by atoms with Gasteiger partial charge in [0.25, 0.3) is 0 Å². The fourth-order valence-corrected chi connectivity index (χ4v) is 6.50. The third kappa shape index (κ3) is 3.57. The van der Waals surface area contributed by atoms with Gasteiger partial charge in [0.1, 0.15) is 0 Å². The Morgan fingerprint density at radius 2 is 0.833 bits per heavy atom. The van der Waals surface area contributed by atoms with E-state index < -0.39 is 0 Å². The van der Waals surface area contributed by atoms with Crippen molar-refractivity contribution in [1.29, 1.82) is 5.26 Å². The lowest BCUT2D eigenvalue weighted by Gasteiger charge is -2.18. The van der Waals surface area contributed by atoms with Crippen LogP contribution in [-0.2, 0) is 0 Å². The molecular weight excluding hydrogens is 508 g/mol. The number of hydrogen-bond acceptors (Lipinski definition) is 1. The van der Waals surface area contributed by atoms with Crippen molar-refractivity contribution in [3.8, 4) is 28.3 Å². The van der Waals surface area contributed by atoms with Crippen LogP contribution in [0, 0.1) is 17.9 Å². The maximum absolute atomic E-state index is 9.30. The monoisotopic (exact) mass is 530 g/mol. The summed E-state index contributed by atoms with van der Waals surface area (Å²) in [5, 5.41) is 21.6. The van der Waals surface area contributed by atoms with Gasteiger partial charge >= 0.3 is 0 Å². The average molecular weight is 531 g/mol. The molecule has 192 valence electrons. The second-order valence-corrected chi connectivity index (χ2v) is 10.7. The lowest BCUT2D eigenvalue weighted by Crippen LogP contribution is -1.90. The van der Waals surface area contributed by atoms with Gasteiger partial charge < -0.3 is 0 Å². The highest BCUT2D eigenvalue weighted by Gasteiger charge is 2.17. The fourth-order valence-electron chi connectivity index (χ4n) is 6.50. The van der Waals surface area contributed by atoms with E-state index in [9.17, 15) is 5.26 Å². The summed E-state index contributed by atoms with van der Waals surface area (Å²) < 4.78 is 0. The first kappa shape index (κ1) is 23.9. The second kappa shape index (κ2) is 9.31. The minimum atomic E-state index is 0.645. The Morgan fingerprint density at radius 1 is 0.429 bits per heavy atom. The molecule has 0 radical (unpaired) electrons. The van der Waals surface area contributed by atoms with Crippen LogP contribution >= 0.6 is 0 Å². The molecular formula is C40H22N2. The number of rotatable bonds is 2. The summed E-state index contributed by atoms with van der Waals surface area (Å²) >= 11 is 0. The standard InChI is InChI=1S/C40H22N2/c1-42-30-18-14-27(15-19-30)29-17-21-34-32-7-3-4-8-35(32)39-37-22-28(26-12-10-25(24-41)11-13-26)16-20-33(37)31-6-2-5-9-36(31)40(39)38(34)23-29/h2-23H. The quantitative estimate of drug-likeness (QED) is 0.161. The van der Waals surface area contributed by atoms with Crippen molar-refractivity contribution in [1.82, 2.24) is 0 Å². The van der Waals surface area contributed by atoms with Crippen LogP contribution in [0.1, 0.15) is 5.56 Å². The predicted octanol–water partition coefficient (Wildman–Crippen LogP) is 11.2. The zero-order valence-corrected chi connectivity index (χ0v) is 22.6. The Bertz CT molecular complexity index is 2280. The Morgan fingerprint density at radius 3 is 1.29 bits per heavy atom. The summed E-state index contributed by atoms with van der Waals surface area (Å²) in [4.78, 5) is 3.57. The lowest BCUT2D eigenvalue weighted by atomic mass is 9.85. The highest BCUT2D eigenvalue weighted by molar-refractivity contribution is 6.39. The topological polar surface area (TPSA) is 28.1 Å². The molecule has 2 heteroatoms. The Hall–Kier alpha value is -5.96. The second-order valence-electron chi connectivity index (χ2n) is 10.7. The van der Waals surface area contributed by atoms with Gasteiger partial charge in [0.05, 0.1) is 18.2 Å². The van der Waals surface area contributed by atoms with Gasteiger partial charge in [0, 0.05) is 0 Å². The Labute approximate surface area is 243 Å². The molecule has 42 heavy (non-hydrogen) atoms. The average Bonchev–Trinajstić information content (AvgIpc) is 3.07. The lowest BCUT2D eigenvalue weighted by molar-refractivity contribution is 1.48.